The molecule has 1 aromatic rings. The van der Waals surface area contributed by atoms with Crippen molar-refractivity contribution < 1.29 is 5.11 Å². The van der Waals surface area contributed by atoms with Crippen LogP contribution in [0.3, 0.4) is 0 Å². The number of hydrogen-bond acceptors (Lipinski definition) is 2. The summed E-state index contributed by atoms with van der Waals surface area (Å²) in [6.45, 7) is 3.24. The first kappa shape index (κ1) is 9.44. The summed E-state index contributed by atoms with van der Waals surface area (Å²) in [4.78, 5) is 2.37. The first-order chi connectivity index (χ1) is 6.88. The molecule has 0 radical (unpaired) electrons. The molecular weight excluding hydrogens is 174 g/mol. The number of benzene rings is 1. The maximum Gasteiger partial charge on any atom is 0.0681 e. The molecule has 0 bridgehead atoms. The predicted octanol–water partition coefficient (Wildman–Crippen LogP) is 1.55. The van der Waals surface area contributed by atoms with E-state index >= 15 is 0 Å². The van der Waals surface area contributed by atoms with E-state index in [0.717, 1.165) is 25.2 Å². The Morgan fingerprint density at radius 2 is 1.57 bits per heavy atom. The molecule has 1 aromatic carbocycles. The van der Waals surface area contributed by atoms with E-state index in [4.69, 9.17) is 5.11 Å². The standard InChI is InChI=1S/C12H15NO/c14-10-12-5-3-11(4-6-12)9-13-7-1-2-8-13/h1-6,14H,7-10H2. The third kappa shape index (κ3) is 2.22. The van der Waals surface area contributed by atoms with Crippen LogP contribution in [0, 0.1) is 0 Å². The summed E-state index contributed by atoms with van der Waals surface area (Å²) in [5.41, 5.74) is 2.29. The Kier molecular flexibility index (Phi) is 2.96. The summed E-state index contributed by atoms with van der Waals surface area (Å²) < 4.78 is 0. The van der Waals surface area contributed by atoms with Gasteiger partial charge in [0.25, 0.3) is 0 Å². The Labute approximate surface area is 84.5 Å². The van der Waals surface area contributed by atoms with Gasteiger partial charge in [-0.25, -0.2) is 0 Å². The highest BCUT2D eigenvalue weighted by molar-refractivity contribution is 5.22. The molecule has 74 valence electrons. The fraction of sp³-hybridized carbons (Fsp3) is 0.333. The van der Waals surface area contributed by atoms with Crippen molar-refractivity contribution in [1.29, 1.82) is 0 Å². The lowest BCUT2D eigenvalue weighted by Crippen LogP contribution is -2.18. The van der Waals surface area contributed by atoms with E-state index in [2.05, 4.69) is 29.2 Å². The van der Waals surface area contributed by atoms with E-state index < -0.39 is 0 Å². The minimum Gasteiger partial charge on any atom is -0.392 e. The first-order valence-electron chi connectivity index (χ1n) is 4.94. The van der Waals surface area contributed by atoms with Crippen molar-refractivity contribution >= 4 is 0 Å². The minimum absolute atomic E-state index is 0.131. The van der Waals surface area contributed by atoms with Gasteiger partial charge in [0.15, 0.2) is 0 Å². The normalized spacial score (nSPS) is 16.4. The zero-order valence-corrected chi connectivity index (χ0v) is 8.19. The molecule has 0 atom stereocenters. The Bertz CT molecular complexity index is 308. The molecule has 0 amide bonds. The van der Waals surface area contributed by atoms with Crippen LogP contribution in [-0.4, -0.2) is 23.1 Å². The average molecular weight is 189 g/mol. The van der Waals surface area contributed by atoms with Crippen molar-refractivity contribution in [2.75, 3.05) is 13.1 Å². The van der Waals surface area contributed by atoms with Crippen LogP contribution in [0.2, 0.25) is 0 Å². The molecule has 2 rings (SSSR count). The Morgan fingerprint density at radius 1 is 1.00 bits per heavy atom. The van der Waals surface area contributed by atoms with Gasteiger partial charge in [0.05, 0.1) is 6.61 Å². The van der Waals surface area contributed by atoms with Gasteiger partial charge < -0.3 is 5.11 Å². The molecule has 0 saturated carbocycles. The minimum atomic E-state index is 0.131. The molecule has 14 heavy (non-hydrogen) atoms. The number of rotatable bonds is 3. The average Bonchev–Trinajstić information content (AvgIpc) is 2.72. The highest BCUT2D eigenvalue weighted by Crippen LogP contribution is 2.09. The summed E-state index contributed by atoms with van der Waals surface area (Å²) >= 11 is 0. The lowest BCUT2D eigenvalue weighted by Gasteiger charge is -2.14. The van der Waals surface area contributed by atoms with Crippen LogP contribution >= 0.6 is 0 Å². The molecule has 0 aliphatic carbocycles. The maximum atomic E-state index is 8.89. The molecule has 0 fully saturated rings. The van der Waals surface area contributed by atoms with Crippen LogP contribution in [-0.2, 0) is 13.2 Å². The number of aliphatic hydroxyl groups is 1. The van der Waals surface area contributed by atoms with Crippen molar-refractivity contribution in [3.8, 4) is 0 Å². The first-order valence-corrected chi connectivity index (χ1v) is 4.94. The molecule has 1 N–H and O–H groups in total. The molecule has 0 saturated heterocycles. The van der Waals surface area contributed by atoms with Gasteiger partial charge in [0, 0.05) is 19.6 Å². The molecule has 1 aliphatic rings. The highest BCUT2D eigenvalue weighted by atomic mass is 16.3. The molecule has 0 unspecified atom stereocenters. The van der Waals surface area contributed by atoms with Crippen LogP contribution in [0.1, 0.15) is 11.1 Å². The summed E-state index contributed by atoms with van der Waals surface area (Å²) in [5, 5.41) is 8.89. The van der Waals surface area contributed by atoms with E-state index in [1.807, 2.05) is 12.1 Å². The van der Waals surface area contributed by atoms with Crippen molar-refractivity contribution in [1.82, 2.24) is 4.90 Å². The summed E-state index contributed by atoms with van der Waals surface area (Å²) in [7, 11) is 0. The number of hydrogen-bond donors (Lipinski definition) is 1. The van der Waals surface area contributed by atoms with Gasteiger partial charge >= 0.3 is 0 Å². The van der Waals surface area contributed by atoms with E-state index in [9.17, 15) is 0 Å². The SMILES string of the molecule is OCc1ccc(CN2CC=CC2)cc1. The second kappa shape index (κ2) is 4.40. The van der Waals surface area contributed by atoms with Gasteiger partial charge in [-0.3, -0.25) is 4.90 Å². The molecule has 0 spiro atoms. The van der Waals surface area contributed by atoms with Gasteiger partial charge in [-0.1, -0.05) is 36.4 Å². The van der Waals surface area contributed by atoms with Gasteiger partial charge in [0.1, 0.15) is 0 Å². The lowest BCUT2D eigenvalue weighted by molar-refractivity contribution is 0.281. The van der Waals surface area contributed by atoms with Gasteiger partial charge in [-0.15, -0.1) is 0 Å². The third-order valence-corrected chi connectivity index (χ3v) is 2.51. The fourth-order valence-corrected chi connectivity index (χ4v) is 1.66. The van der Waals surface area contributed by atoms with Gasteiger partial charge in [-0.2, -0.15) is 0 Å². The second-order valence-electron chi connectivity index (χ2n) is 3.64. The van der Waals surface area contributed by atoms with Crippen molar-refractivity contribution in [2.45, 2.75) is 13.2 Å². The van der Waals surface area contributed by atoms with Crippen LogP contribution in [0.5, 0.6) is 0 Å². The molecule has 1 heterocycles. The molecule has 2 heteroatoms. The smallest absolute Gasteiger partial charge is 0.0681 e. The highest BCUT2D eigenvalue weighted by Gasteiger charge is 2.06. The van der Waals surface area contributed by atoms with Crippen molar-refractivity contribution in [2.24, 2.45) is 0 Å². The molecular formula is C12H15NO. The topological polar surface area (TPSA) is 23.5 Å². The van der Waals surface area contributed by atoms with Crippen LogP contribution < -0.4 is 0 Å². The van der Waals surface area contributed by atoms with E-state index in [1.54, 1.807) is 0 Å². The second-order valence-corrected chi connectivity index (χ2v) is 3.64. The van der Waals surface area contributed by atoms with Crippen LogP contribution in [0.25, 0.3) is 0 Å². The molecule has 0 aromatic heterocycles. The Balaban J connectivity index is 1.96. The predicted molar refractivity (Wildman–Crippen MR) is 56.8 cm³/mol. The van der Waals surface area contributed by atoms with E-state index in [-0.39, 0.29) is 6.61 Å². The molecule has 2 nitrogen and oxygen atoms in total. The summed E-state index contributed by atoms with van der Waals surface area (Å²) in [5.74, 6) is 0. The molecule has 1 aliphatic heterocycles. The third-order valence-electron chi connectivity index (χ3n) is 2.51. The Morgan fingerprint density at radius 3 is 2.14 bits per heavy atom. The van der Waals surface area contributed by atoms with Crippen LogP contribution in [0.4, 0.5) is 0 Å². The summed E-state index contributed by atoms with van der Waals surface area (Å²) in [6, 6.07) is 8.14. The monoisotopic (exact) mass is 189 g/mol. The van der Waals surface area contributed by atoms with Gasteiger partial charge in [-0.05, 0) is 11.1 Å². The zero-order valence-electron chi connectivity index (χ0n) is 8.19. The lowest BCUT2D eigenvalue weighted by atomic mass is 10.1. The van der Waals surface area contributed by atoms with Crippen LogP contribution in [0.15, 0.2) is 36.4 Å². The van der Waals surface area contributed by atoms with E-state index in [1.165, 1.54) is 5.56 Å². The maximum absolute atomic E-state index is 8.89. The van der Waals surface area contributed by atoms with Crippen molar-refractivity contribution in [3.05, 3.63) is 47.5 Å². The largest absolute Gasteiger partial charge is 0.392 e. The summed E-state index contributed by atoms with van der Waals surface area (Å²) in [6.07, 6.45) is 4.39. The quantitative estimate of drug-likeness (QED) is 0.729. The fourth-order valence-electron chi connectivity index (χ4n) is 1.66. The number of aliphatic hydroxyl groups excluding tert-OH is 1. The number of nitrogens with zero attached hydrogens (tertiary/aromatic N) is 1. The van der Waals surface area contributed by atoms with Gasteiger partial charge in [0.2, 0.25) is 0 Å². The Hall–Kier alpha value is -1.12. The zero-order chi connectivity index (χ0) is 9.80. The van der Waals surface area contributed by atoms with E-state index in [0.29, 0.717) is 0 Å². The van der Waals surface area contributed by atoms with Crippen molar-refractivity contribution in [3.63, 3.8) is 0 Å².